The molecule has 0 aliphatic heterocycles. The van der Waals surface area contributed by atoms with Gasteiger partial charge in [-0.3, -0.25) is 9.59 Å². The molecule has 0 fully saturated rings. The number of amides is 2. The molecule has 0 aromatic heterocycles. The number of carbonyl (C=O) groups excluding carboxylic acids is 2. The Morgan fingerprint density at radius 2 is 1.50 bits per heavy atom. The van der Waals surface area contributed by atoms with Crippen LogP contribution in [0.2, 0.25) is 0 Å². The van der Waals surface area contributed by atoms with E-state index in [9.17, 15) is 9.59 Å². The maximum atomic E-state index is 13.6. The van der Waals surface area contributed by atoms with E-state index in [-0.39, 0.29) is 18.2 Å². The zero-order valence-corrected chi connectivity index (χ0v) is 19.4. The highest BCUT2D eigenvalue weighted by Gasteiger charge is 2.30. The molecular formula is C28H32N2O2. The SMILES string of the molecule is CNC(=O)[C@@H](Cc1ccccc1)N(Cc1ccccc1C)C(=O)Cc1ccc(C)c(C)c1. The number of nitrogens with one attached hydrogen (secondary N) is 1. The van der Waals surface area contributed by atoms with Crippen LogP contribution in [0.4, 0.5) is 0 Å². The van der Waals surface area contributed by atoms with Crippen LogP contribution < -0.4 is 5.32 Å². The Morgan fingerprint density at radius 1 is 0.812 bits per heavy atom. The van der Waals surface area contributed by atoms with Gasteiger partial charge in [-0.05, 0) is 54.2 Å². The predicted octanol–water partition coefficient (Wildman–Crippen LogP) is 4.54. The molecule has 0 bridgehead atoms. The minimum absolute atomic E-state index is 0.0546. The second-order valence-electron chi connectivity index (χ2n) is 8.36. The zero-order chi connectivity index (χ0) is 23.1. The standard InChI is InChI=1S/C28H32N2O2/c1-20-14-15-24(16-22(20)3)18-27(31)30(19-25-13-9-8-10-21(25)2)26(28(32)29-4)17-23-11-6-5-7-12-23/h5-16,26H,17-19H2,1-4H3,(H,29,32)/t26-/m1/s1. The molecule has 4 heteroatoms. The van der Waals surface area contributed by atoms with Crippen LogP contribution in [-0.2, 0) is 29.0 Å². The normalized spacial score (nSPS) is 11.6. The van der Waals surface area contributed by atoms with Gasteiger partial charge in [0.2, 0.25) is 11.8 Å². The number of nitrogens with zero attached hydrogens (tertiary/aromatic N) is 1. The van der Waals surface area contributed by atoms with Gasteiger partial charge in [0.15, 0.2) is 0 Å². The summed E-state index contributed by atoms with van der Waals surface area (Å²) in [7, 11) is 1.63. The third-order valence-corrected chi connectivity index (χ3v) is 6.05. The number of likely N-dealkylation sites (N-methyl/N-ethyl adjacent to an activating group) is 1. The largest absolute Gasteiger partial charge is 0.357 e. The molecule has 0 saturated heterocycles. The van der Waals surface area contributed by atoms with E-state index in [1.54, 1.807) is 11.9 Å². The van der Waals surface area contributed by atoms with Crippen molar-refractivity contribution in [2.24, 2.45) is 0 Å². The summed E-state index contributed by atoms with van der Waals surface area (Å²) in [5.41, 5.74) is 6.49. The van der Waals surface area contributed by atoms with E-state index in [2.05, 4.69) is 25.2 Å². The van der Waals surface area contributed by atoms with E-state index < -0.39 is 6.04 Å². The summed E-state index contributed by atoms with van der Waals surface area (Å²) in [6.45, 7) is 6.54. The summed E-state index contributed by atoms with van der Waals surface area (Å²) in [6, 6.07) is 23.4. The Labute approximate surface area is 191 Å². The lowest BCUT2D eigenvalue weighted by Gasteiger charge is -2.31. The first-order valence-electron chi connectivity index (χ1n) is 11.0. The van der Waals surface area contributed by atoms with Gasteiger partial charge in [0, 0.05) is 20.0 Å². The van der Waals surface area contributed by atoms with Crippen LogP contribution in [0.15, 0.2) is 72.8 Å². The summed E-state index contributed by atoms with van der Waals surface area (Å²) in [6.07, 6.45) is 0.723. The molecule has 4 nitrogen and oxygen atoms in total. The Hall–Kier alpha value is -3.40. The van der Waals surface area contributed by atoms with Crippen molar-refractivity contribution < 1.29 is 9.59 Å². The van der Waals surface area contributed by atoms with Crippen molar-refractivity contribution in [1.29, 1.82) is 0 Å². The summed E-state index contributed by atoms with van der Waals surface area (Å²) in [5.74, 6) is -0.211. The molecule has 166 valence electrons. The van der Waals surface area contributed by atoms with Crippen LogP contribution in [0, 0.1) is 20.8 Å². The first-order chi connectivity index (χ1) is 15.4. The first-order valence-corrected chi connectivity index (χ1v) is 11.0. The third kappa shape index (κ3) is 5.85. The van der Waals surface area contributed by atoms with Gasteiger partial charge in [-0.25, -0.2) is 0 Å². The quantitative estimate of drug-likeness (QED) is 0.573. The minimum Gasteiger partial charge on any atom is -0.357 e. The monoisotopic (exact) mass is 428 g/mol. The Balaban J connectivity index is 1.96. The van der Waals surface area contributed by atoms with Crippen molar-refractivity contribution in [3.8, 4) is 0 Å². The van der Waals surface area contributed by atoms with Crippen molar-refractivity contribution in [3.05, 3.63) is 106 Å². The maximum Gasteiger partial charge on any atom is 0.242 e. The van der Waals surface area contributed by atoms with Gasteiger partial charge in [0.05, 0.1) is 6.42 Å². The highest BCUT2D eigenvalue weighted by molar-refractivity contribution is 5.88. The molecule has 0 radical (unpaired) electrons. The lowest BCUT2D eigenvalue weighted by molar-refractivity contribution is -0.140. The first kappa shape index (κ1) is 23.3. The number of benzene rings is 3. The number of hydrogen-bond acceptors (Lipinski definition) is 2. The van der Waals surface area contributed by atoms with Gasteiger partial charge in [0.1, 0.15) is 6.04 Å². The predicted molar refractivity (Wildman–Crippen MR) is 129 cm³/mol. The Kier molecular flexibility index (Phi) is 7.82. The van der Waals surface area contributed by atoms with E-state index in [0.717, 1.165) is 27.8 Å². The number of aryl methyl sites for hydroxylation is 3. The van der Waals surface area contributed by atoms with Gasteiger partial charge in [-0.15, -0.1) is 0 Å². The number of carbonyl (C=O) groups is 2. The number of rotatable bonds is 8. The van der Waals surface area contributed by atoms with E-state index in [1.165, 1.54) is 5.56 Å². The average Bonchev–Trinajstić information content (AvgIpc) is 2.80. The van der Waals surface area contributed by atoms with Gasteiger partial charge in [-0.1, -0.05) is 72.8 Å². The fourth-order valence-corrected chi connectivity index (χ4v) is 3.88. The van der Waals surface area contributed by atoms with Crippen LogP contribution in [-0.4, -0.2) is 29.8 Å². The van der Waals surface area contributed by atoms with Gasteiger partial charge >= 0.3 is 0 Å². The lowest BCUT2D eigenvalue weighted by Crippen LogP contribution is -2.50. The van der Waals surface area contributed by atoms with E-state index in [0.29, 0.717) is 13.0 Å². The summed E-state index contributed by atoms with van der Waals surface area (Å²) in [4.78, 5) is 28.3. The highest BCUT2D eigenvalue weighted by Crippen LogP contribution is 2.19. The molecule has 3 aromatic carbocycles. The molecule has 3 rings (SSSR count). The van der Waals surface area contributed by atoms with Crippen molar-refractivity contribution in [3.63, 3.8) is 0 Å². The molecular weight excluding hydrogens is 396 g/mol. The molecule has 2 amide bonds. The zero-order valence-electron chi connectivity index (χ0n) is 19.4. The second kappa shape index (κ2) is 10.8. The van der Waals surface area contributed by atoms with Crippen molar-refractivity contribution in [2.45, 2.75) is 46.2 Å². The molecule has 0 aliphatic rings. The third-order valence-electron chi connectivity index (χ3n) is 6.05. The number of hydrogen-bond donors (Lipinski definition) is 1. The van der Waals surface area contributed by atoms with E-state index in [4.69, 9.17) is 0 Å². The molecule has 1 N–H and O–H groups in total. The molecule has 1 atom stereocenters. The minimum atomic E-state index is -0.596. The molecule has 0 heterocycles. The van der Waals surface area contributed by atoms with Crippen molar-refractivity contribution in [2.75, 3.05) is 7.05 Å². The topological polar surface area (TPSA) is 49.4 Å². The fourth-order valence-electron chi connectivity index (χ4n) is 3.88. The van der Waals surface area contributed by atoms with Crippen molar-refractivity contribution >= 4 is 11.8 Å². The molecule has 0 aliphatic carbocycles. The van der Waals surface area contributed by atoms with Gasteiger partial charge in [-0.2, -0.15) is 0 Å². The maximum absolute atomic E-state index is 13.6. The van der Waals surface area contributed by atoms with Crippen molar-refractivity contribution in [1.82, 2.24) is 10.2 Å². The lowest BCUT2D eigenvalue weighted by atomic mass is 9.99. The van der Waals surface area contributed by atoms with E-state index >= 15 is 0 Å². The molecule has 0 unspecified atom stereocenters. The summed E-state index contributed by atoms with van der Waals surface area (Å²) in [5, 5.41) is 2.77. The Bertz CT molecular complexity index is 1080. The van der Waals surface area contributed by atoms with Crippen LogP contribution in [0.3, 0.4) is 0 Å². The smallest absolute Gasteiger partial charge is 0.242 e. The van der Waals surface area contributed by atoms with E-state index in [1.807, 2.05) is 73.7 Å². The van der Waals surface area contributed by atoms with Crippen LogP contribution >= 0.6 is 0 Å². The fraction of sp³-hybridized carbons (Fsp3) is 0.286. The van der Waals surface area contributed by atoms with Gasteiger partial charge in [0.25, 0.3) is 0 Å². The molecule has 32 heavy (non-hydrogen) atoms. The summed E-state index contributed by atoms with van der Waals surface area (Å²) >= 11 is 0. The average molecular weight is 429 g/mol. The van der Waals surface area contributed by atoms with Crippen LogP contribution in [0.5, 0.6) is 0 Å². The molecule has 0 spiro atoms. The van der Waals surface area contributed by atoms with Crippen LogP contribution in [0.25, 0.3) is 0 Å². The highest BCUT2D eigenvalue weighted by atomic mass is 16.2. The van der Waals surface area contributed by atoms with Gasteiger partial charge < -0.3 is 10.2 Å². The second-order valence-corrected chi connectivity index (χ2v) is 8.36. The Morgan fingerprint density at radius 3 is 2.16 bits per heavy atom. The molecule has 0 saturated carbocycles. The summed E-state index contributed by atoms with van der Waals surface area (Å²) < 4.78 is 0. The molecule has 3 aromatic rings. The van der Waals surface area contributed by atoms with Crippen LogP contribution in [0.1, 0.15) is 33.4 Å².